The highest BCUT2D eigenvalue weighted by molar-refractivity contribution is 7.23. The fraction of sp³-hybridized carbons (Fsp3) is 0.0870. The summed E-state index contributed by atoms with van der Waals surface area (Å²) < 4.78 is 0.705. The van der Waals surface area contributed by atoms with Gasteiger partial charge in [-0.3, -0.25) is 9.59 Å². The van der Waals surface area contributed by atoms with Crippen LogP contribution in [0, 0.1) is 6.92 Å². The van der Waals surface area contributed by atoms with Crippen LogP contribution in [-0.2, 0) is 11.2 Å². The molecule has 2 aromatic carbocycles. The Bertz CT molecular complexity index is 1230. The molecule has 31 heavy (non-hydrogen) atoms. The summed E-state index contributed by atoms with van der Waals surface area (Å²) in [5.41, 5.74) is 3.22. The number of rotatable bonds is 6. The molecular formula is C23H18ClN3O2S2. The van der Waals surface area contributed by atoms with Crippen molar-refractivity contribution in [3.63, 3.8) is 0 Å². The molecule has 4 aromatic rings. The first-order valence-corrected chi connectivity index (χ1v) is 11.5. The van der Waals surface area contributed by atoms with Crippen molar-refractivity contribution in [3.05, 3.63) is 87.2 Å². The number of nitrogens with one attached hydrogen (secondary N) is 2. The Kier molecular flexibility index (Phi) is 6.46. The second-order valence-corrected chi connectivity index (χ2v) is 9.34. The fourth-order valence-corrected chi connectivity index (χ4v) is 4.96. The number of benzene rings is 2. The van der Waals surface area contributed by atoms with E-state index in [9.17, 15) is 9.59 Å². The molecule has 0 aliphatic heterocycles. The third kappa shape index (κ3) is 5.19. The van der Waals surface area contributed by atoms with Gasteiger partial charge in [-0.05, 0) is 48.9 Å². The van der Waals surface area contributed by atoms with Crippen LogP contribution < -0.4 is 10.6 Å². The summed E-state index contributed by atoms with van der Waals surface area (Å²) in [6.07, 6.45) is 0.148. The lowest BCUT2D eigenvalue weighted by Gasteiger charge is -2.12. The molecule has 2 heterocycles. The van der Waals surface area contributed by atoms with Crippen LogP contribution in [0.5, 0.6) is 0 Å². The molecule has 2 N–H and O–H groups in total. The molecule has 0 aliphatic rings. The maximum Gasteiger partial charge on any atom is 0.256 e. The van der Waals surface area contributed by atoms with Gasteiger partial charge in [-0.2, -0.15) is 0 Å². The van der Waals surface area contributed by atoms with E-state index in [1.165, 1.54) is 22.7 Å². The van der Waals surface area contributed by atoms with Crippen molar-refractivity contribution in [2.24, 2.45) is 0 Å². The standard InChI is InChI=1S/C23H18ClN3O2S2/c1-14-17(22(29)25-15-6-3-2-4-7-15)8-5-9-18(14)27-21(28)12-16-13-30-23(26-16)19-10-11-20(24)31-19/h2-11,13H,12H2,1H3,(H,25,29)(H,27,28). The van der Waals surface area contributed by atoms with E-state index in [0.29, 0.717) is 32.5 Å². The molecule has 8 heteroatoms. The van der Waals surface area contributed by atoms with E-state index in [0.717, 1.165) is 9.88 Å². The van der Waals surface area contributed by atoms with E-state index in [1.54, 1.807) is 18.2 Å². The van der Waals surface area contributed by atoms with Crippen LogP contribution in [-0.4, -0.2) is 16.8 Å². The van der Waals surface area contributed by atoms with Gasteiger partial charge < -0.3 is 10.6 Å². The van der Waals surface area contributed by atoms with Crippen LogP contribution in [0.3, 0.4) is 0 Å². The van der Waals surface area contributed by atoms with E-state index in [-0.39, 0.29) is 18.2 Å². The highest BCUT2D eigenvalue weighted by atomic mass is 35.5. The first-order chi connectivity index (χ1) is 15.0. The molecule has 0 spiro atoms. The predicted octanol–water partition coefficient (Wildman–Crippen LogP) is 6.27. The quantitative estimate of drug-likeness (QED) is 0.351. The zero-order valence-corrected chi connectivity index (χ0v) is 18.9. The van der Waals surface area contributed by atoms with Crippen molar-refractivity contribution < 1.29 is 9.59 Å². The molecule has 2 aromatic heterocycles. The Morgan fingerprint density at radius 3 is 2.55 bits per heavy atom. The van der Waals surface area contributed by atoms with Crippen molar-refractivity contribution >= 4 is 57.5 Å². The highest BCUT2D eigenvalue weighted by Crippen LogP contribution is 2.33. The Balaban J connectivity index is 1.43. The van der Waals surface area contributed by atoms with Crippen LogP contribution in [0.4, 0.5) is 11.4 Å². The van der Waals surface area contributed by atoms with E-state index in [4.69, 9.17) is 11.6 Å². The molecule has 0 saturated heterocycles. The van der Waals surface area contributed by atoms with E-state index < -0.39 is 0 Å². The van der Waals surface area contributed by atoms with Gasteiger partial charge >= 0.3 is 0 Å². The minimum atomic E-state index is -0.224. The molecule has 5 nitrogen and oxygen atoms in total. The van der Waals surface area contributed by atoms with Gasteiger partial charge in [-0.25, -0.2) is 4.98 Å². The van der Waals surface area contributed by atoms with E-state index >= 15 is 0 Å². The number of thiazole rings is 1. The van der Waals surface area contributed by atoms with Gasteiger partial charge in [-0.1, -0.05) is 35.9 Å². The van der Waals surface area contributed by atoms with Gasteiger partial charge in [-0.15, -0.1) is 22.7 Å². The van der Waals surface area contributed by atoms with Crippen LogP contribution >= 0.6 is 34.3 Å². The molecule has 0 aliphatic carbocycles. The number of carbonyl (C=O) groups excluding carboxylic acids is 2. The van der Waals surface area contributed by atoms with Crippen molar-refractivity contribution in [3.8, 4) is 9.88 Å². The molecule has 0 fully saturated rings. The summed E-state index contributed by atoms with van der Waals surface area (Å²) in [7, 11) is 0. The number of hydrogen-bond acceptors (Lipinski definition) is 5. The number of thiophene rings is 1. The topological polar surface area (TPSA) is 71.1 Å². The van der Waals surface area contributed by atoms with Gasteiger partial charge in [0.15, 0.2) is 0 Å². The zero-order chi connectivity index (χ0) is 21.8. The highest BCUT2D eigenvalue weighted by Gasteiger charge is 2.15. The SMILES string of the molecule is Cc1c(NC(=O)Cc2csc(-c3ccc(Cl)s3)n2)cccc1C(=O)Nc1ccccc1. The smallest absolute Gasteiger partial charge is 0.256 e. The Hall–Kier alpha value is -3.00. The lowest BCUT2D eigenvalue weighted by Crippen LogP contribution is -2.18. The molecule has 2 amide bonds. The van der Waals surface area contributed by atoms with Crippen LogP contribution in [0.2, 0.25) is 4.34 Å². The van der Waals surface area contributed by atoms with Gasteiger partial charge in [0.1, 0.15) is 5.01 Å². The predicted molar refractivity (Wildman–Crippen MR) is 128 cm³/mol. The average Bonchev–Trinajstić information content (AvgIpc) is 3.39. The van der Waals surface area contributed by atoms with Gasteiger partial charge in [0.25, 0.3) is 5.91 Å². The second-order valence-electron chi connectivity index (χ2n) is 6.77. The lowest BCUT2D eigenvalue weighted by atomic mass is 10.1. The van der Waals surface area contributed by atoms with E-state index in [1.807, 2.05) is 54.8 Å². The molecule has 0 atom stereocenters. The molecular weight excluding hydrogens is 450 g/mol. The van der Waals surface area contributed by atoms with Crippen molar-refractivity contribution in [2.75, 3.05) is 10.6 Å². The molecule has 0 saturated carbocycles. The minimum Gasteiger partial charge on any atom is -0.325 e. The summed E-state index contributed by atoms with van der Waals surface area (Å²) in [5.74, 6) is -0.414. The number of amides is 2. The zero-order valence-electron chi connectivity index (χ0n) is 16.5. The third-order valence-electron chi connectivity index (χ3n) is 4.56. The molecule has 156 valence electrons. The second kappa shape index (κ2) is 9.43. The number of nitrogens with zero attached hydrogens (tertiary/aromatic N) is 1. The lowest BCUT2D eigenvalue weighted by molar-refractivity contribution is -0.115. The van der Waals surface area contributed by atoms with Crippen LogP contribution in [0.1, 0.15) is 21.6 Å². The van der Waals surface area contributed by atoms with Crippen molar-refractivity contribution in [2.45, 2.75) is 13.3 Å². The van der Waals surface area contributed by atoms with Gasteiger partial charge in [0, 0.05) is 22.3 Å². The Morgan fingerprint density at radius 2 is 1.81 bits per heavy atom. The first kappa shape index (κ1) is 21.2. The number of anilines is 2. The first-order valence-electron chi connectivity index (χ1n) is 9.45. The summed E-state index contributed by atoms with van der Waals surface area (Å²) in [6, 6.07) is 18.3. The van der Waals surface area contributed by atoms with Gasteiger partial charge in [0.2, 0.25) is 5.91 Å². The molecule has 0 unspecified atom stereocenters. The minimum absolute atomic E-state index is 0.148. The summed E-state index contributed by atoms with van der Waals surface area (Å²) in [6.45, 7) is 1.82. The Labute approximate surface area is 192 Å². The summed E-state index contributed by atoms with van der Waals surface area (Å²) in [4.78, 5) is 30.8. The van der Waals surface area contributed by atoms with Crippen molar-refractivity contribution in [1.82, 2.24) is 4.98 Å². The number of hydrogen-bond donors (Lipinski definition) is 2. The number of para-hydroxylation sites is 1. The van der Waals surface area contributed by atoms with E-state index in [2.05, 4.69) is 15.6 Å². The van der Waals surface area contributed by atoms with Crippen LogP contribution in [0.15, 0.2) is 66.0 Å². The number of aromatic nitrogens is 1. The van der Waals surface area contributed by atoms with Crippen LogP contribution in [0.25, 0.3) is 9.88 Å². The maximum atomic E-state index is 12.7. The summed E-state index contributed by atoms with van der Waals surface area (Å²) in [5, 5.41) is 8.49. The Morgan fingerprint density at radius 1 is 1.00 bits per heavy atom. The number of halogens is 1. The largest absolute Gasteiger partial charge is 0.325 e. The molecule has 0 bridgehead atoms. The average molecular weight is 468 g/mol. The maximum absolute atomic E-state index is 12.7. The summed E-state index contributed by atoms with van der Waals surface area (Å²) >= 11 is 8.93. The molecule has 0 radical (unpaired) electrons. The van der Waals surface area contributed by atoms with Crippen molar-refractivity contribution in [1.29, 1.82) is 0 Å². The normalized spacial score (nSPS) is 10.6. The monoisotopic (exact) mass is 467 g/mol. The third-order valence-corrected chi connectivity index (χ3v) is 6.85. The van der Waals surface area contributed by atoms with Gasteiger partial charge in [0.05, 0.1) is 21.3 Å². The number of carbonyl (C=O) groups is 2. The fourth-order valence-electron chi connectivity index (χ4n) is 3.03. The molecule has 4 rings (SSSR count).